The van der Waals surface area contributed by atoms with Crippen LogP contribution < -0.4 is 5.73 Å². The number of rotatable bonds is 4. The standard InChI is InChI=1S/C16H24ClFN2/c1-3-20(14-7-5-13(19)6-8-14)11(2)15-9-4-12(18)10-16(15)17/h4,9-11,13-14H,3,5-8,19H2,1-2H3. The first-order chi connectivity index (χ1) is 9.52. The summed E-state index contributed by atoms with van der Waals surface area (Å²) in [6.07, 6.45) is 4.45. The van der Waals surface area contributed by atoms with Crippen molar-refractivity contribution in [3.05, 3.63) is 34.6 Å². The Bertz CT molecular complexity index is 444. The molecule has 0 radical (unpaired) electrons. The van der Waals surface area contributed by atoms with E-state index in [-0.39, 0.29) is 11.9 Å². The monoisotopic (exact) mass is 298 g/mol. The van der Waals surface area contributed by atoms with Crippen LogP contribution in [0.3, 0.4) is 0 Å². The topological polar surface area (TPSA) is 29.3 Å². The van der Waals surface area contributed by atoms with E-state index < -0.39 is 0 Å². The highest BCUT2D eigenvalue weighted by molar-refractivity contribution is 6.31. The Morgan fingerprint density at radius 2 is 2.00 bits per heavy atom. The van der Waals surface area contributed by atoms with E-state index in [4.69, 9.17) is 17.3 Å². The maximum Gasteiger partial charge on any atom is 0.124 e. The predicted molar refractivity (Wildman–Crippen MR) is 82.4 cm³/mol. The quantitative estimate of drug-likeness (QED) is 0.905. The molecule has 1 aliphatic carbocycles. The molecule has 0 spiro atoms. The highest BCUT2D eigenvalue weighted by Crippen LogP contribution is 2.33. The van der Waals surface area contributed by atoms with Gasteiger partial charge >= 0.3 is 0 Å². The van der Waals surface area contributed by atoms with Crippen LogP contribution in [-0.4, -0.2) is 23.5 Å². The molecule has 112 valence electrons. The van der Waals surface area contributed by atoms with Gasteiger partial charge in [0.25, 0.3) is 0 Å². The first kappa shape index (κ1) is 15.7. The average Bonchev–Trinajstić information content (AvgIpc) is 2.41. The highest BCUT2D eigenvalue weighted by atomic mass is 35.5. The number of benzene rings is 1. The summed E-state index contributed by atoms with van der Waals surface area (Å²) < 4.78 is 13.2. The van der Waals surface area contributed by atoms with Crippen molar-refractivity contribution >= 4 is 11.6 Å². The van der Waals surface area contributed by atoms with Gasteiger partial charge in [-0.15, -0.1) is 0 Å². The van der Waals surface area contributed by atoms with Crippen LogP contribution >= 0.6 is 11.6 Å². The Kier molecular flexibility index (Phi) is 5.42. The molecule has 1 unspecified atom stereocenters. The molecule has 0 aromatic heterocycles. The van der Waals surface area contributed by atoms with Crippen LogP contribution in [0.5, 0.6) is 0 Å². The largest absolute Gasteiger partial charge is 0.328 e. The lowest BCUT2D eigenvalue weighted by molar-refractivity contribution is 0.114. The molecule has 20 heavy (non-hydrogen) atoms. The molecule has 0 bridgehead atoms. The molecule has 1 saturated carbocycles. The molecule has 2 nitrogen and oxygen atoms in total. The molecule has 4 heteroatoms. The fourth-order valence-electron chi connectivity index (χ4n) is 3.30. The lowest BCUT2D eigenvalue weighted by Gasteiger charge is -2.39. The molecule has 0 heterocycles. The second-order valence-electron chi connectivity index (χ2n) is 5.74. The maximum atomic E-state index is 13.2. The summed E-state index contributed by atoms with van der Waals surface area (Å²) in [7, 11) is 0. The van der Waals surface area contributed by atoms with Crippen molar-refractivity contribution in [1.82, 2.24) is 4.90 Å². The van der Waals surface area contributed by atoms with Crippen LogP contribution in [0.1, 0.15) is 51.1 Å². The van der Waals surface area contributed by atoms with Crippen molar-refractivity contribution in [1.29, 1.82) is 0 Å². The first-order valence-electron chi connectivity index (χ1n) is 7.49. The van der Waals surface area contributed by atoms with Crippen molar-refractivity contribution in [2.75, 3.05) is 6.54 Å². The SMILES string of the molecule is CCN(C1CCC(N)CC1)C(C)c1ccc(F)cc1Cl. The van der Waals surface area contributed by atoms with Gasteiger partial charge in [-0.1, -0.05) is 24.6 Å². The van der Waals surface area contributed by atoms with Gasteiger partial charge in [0, 0.05) is 23.1 Å². The van der Waals surface area contributed by atoms with Gasteiger partial charge in [-0.2, -0.15) is 0 Å². The third-order valence-electron chi connectivity index (χ3n) is 4.49. The van der Waals surface area contributed by atoms with Gasteiger partial charge in [0.1, 0.15) is 5.82 Å². The molecule has 0 amide bonds. The minimum Gasteiger partial charge on any atom is -0.328 e. The third kappa shape index (κ3) is 3.51. The zero-order chi connectivity index (χ0) is 14.7. The predicted octanol–water partition coefficient (Wildman–Crippen LogP) is 4.13. The summed E-state index contributed by atoms with van der Waals surface area (Å²) in [5.74, 6) is -0.280. The molecule has 2 N–H and O–H groups in total. The Balaban J connectivity index is 2.14. The van der Waals surface area contributed by atoms with Gasteiger partial charge in [0.2, 0.25) is 0 Å². The summed E-state index contributed by atoms with van der Waals surface area (Å²) >= 11 is 6.20. The fraction of sp³-hybridized carbons (Fsp3) is 0.625. The van der Waals surface area contributed by atoms with E-state index in [1.54, 1.807) is 6.07 Å². The van der Waals surface area contributed by atoms with E-state index in [1.807, 2.05) is 0 Å². The first-order valence-corrected chi connectivity index (χ1v) is 7.87. The number of nitrogens with zero attached hydrogens (tertiary/aromatic N) is 1. The number of nitrogens with two attached hydrogens (primary N) is 1. The van der Waals surface area contributed by atoms with Crippen LogP contribution in [0.4, 0.5) is 4.39 Å². The van der Waals surface area contributed by atoms with E-state index in [1.165, 1.54) is 12.1 Å². The summed E-state index contributed by atoms with van der Waals surface area (Å²) in [5, 5.41) is 0.517. The molecule has 0 saturated heterocycles. The molecule has 1 aromatic carbocycles. The van der Waals surface area contributed by atoms with Crippen LogP contribution in [0.25, 0.3) is 0 Å². The smallest absolute Gasteiger partial charge is 0.124 e. The lowest BCUT2D eigenvalue weighted by atomic mass is 9.89. The molecular formula is C16H24ClFN2. The third-order valence-corrected chi connectivity index (χ3v) is 4.81. The van der Waals surface area contributed by atoms with Crippen molar-refractivity contribution in [2.24, 2.45) is 5.73 Å². The van der Waals surface area contributed by atoms with Crippen LogP contribution in [0, 0.1) is 5.82 Å². The van der Waals surface area contributed by atoms with E-state index in [0.29, 0.717) is 17.1 Å². The summed E-state index contributed by atoms with van der Waals surface area (Å²) in [5.41, 5.74) is 6.99. The molecule has 1 fully saturated rings. The van der Waals surface area contributed by atoms with Crippen molar-refractivity contribution in [3.63, 3.8) is 0 Å². The Morgan fingerprint density at radius 3 is 2.55 bits per heavy atom. The van der Waals surface area contributed by atoms with E-state index in [9.17, 15) is 4.39 Å². The zero-order valence-corrected chi connectivity index (χ0v) is 13.0. The average molecular weight is 299 g/mol. The van der Waals surface area contributed by atoms with Gasteiger partial charge in [0.15, 0.2) is 0 Å². The summed E-state index contributed by atoms with van der Waals surface area (Å²) in [6.45, 7) is 5.29. The van der Waals surface area contributed by atoms with Crippen molar-refractivity contribution in [2.45, 2.75) is 57.7 Å². The van der Waals surface area contributed by atoms with Gasteiger partial charge in [-0.25, -0.2) is 4.39 Å². The fourth-order valence-corrected chi connectivity index (χ4v) is 3.63. The summed E-state index contributed by atoms with van der Waals surface area (Å²) in [4.78, 5) is 2.46. The molecular weight excluding hydrogens is 275 g/mol. The number of hydrogen-bond acceptors (Lipinski definition) is 2. The zero-order valence-electron chi connectivity index (χ0n) is 12.3. The van der Waals surface area contributed by atoms with E-state index in [2.05, 4.69) is 18.7 Å². The molecule has 1 aromatic rings. The van der Waals surface area contributed by atoms with E-state index in [0.717, 1.165) is 37.8 Å². The number of hydrogen-bond donors (Lipinski definition) is 1. The minimum absolute atomic E-state index is 0.201. The summed E-state index contributed by atoms with van der Waals surface area (Å²) in [6, 6.07) is 5.80. The number of halogens is 2. The van der Waals surface area contributed by atoms with Gasteiger partial charge < -0.3 is 5.73 Å². The Labute approximate surface area is 126 Å². The molecule has 1 atom stereocenters. The molecule has 0 aliphatic heterocycles. The molecule has 2 rings (SSSR count). The van der Waals surface area contributed by atoms with E-state index >= 15 is 0 Å². The molecule has 1 aliphatic rings. The second kappa shape index (κ2) is 6.88. The van der Waals surface area contributed by atoms with Gasteiger partial charge in [-0.05, 0) is 56.8 Å². The van der Waals surface area contributed by atoms with Gasteiger partial charge in [-0.3, -0.25) is 4.90 Å². The van der Waals surface area contributed by atoms with Crippen LogP contribution in [-0.2, 0) is 0 Å². The van der Waals surface area contributed by atoms with Crippen molar-refractivity contribution in [3.8, 4) is 0 Å². The Hall–Kier alpha value is -0.640. The lowest BCUT2D eigenvalue weighted by Crippen LogP contribution is -2.42. The maximum absolute atomic E-state index is 13.2. The van der Waals surface area contributed by atoms with Gasteiger partial charge in [0.05, 0.1) is 0 Å². The van der Waals surface area contributed by atoms with Crippen LogP contribution in [0.15, 0.2) is 18.2 Å². The van der Waals surface area contributed by atoms with Crippen molar-refractivity contribution < 1.29 is 4.39 Å². The Morgan fingerprint density at radius 1 is 1.35 bits per heavy atom. The second-order valence-corrected chi connectivity index (χ2v) is 6.15. The van der Waals surface area contributed by atoms with Crippen LogP contribution in [0.2, 0.25) is 5.02 Å². The highest BCUT2D eigenvalue weighted by Gasteiger charge is 2.27. The normalized spacial score (nSPS) is 24.9. The minimum atomic E-state index is -0.280.